The van der Waals surface area contributed by atoms with Crippen molar-refractivity contribution in [2.24, 2.45) is 0 Å². The van der Waals surface area contributed by atoms with Crippen LogP contribution in [0.25, 0.3) is 0 Å². The lowest BCUT2D eigenvalue weighted by atomic mass is 9.95. The van der Waals surface area contributed by atoms with Crippen LogP contribution < -0.4 is 5.56 Å². The van der Waals surface area contributed by atoms with Crippen molar-refractivity contribution < 1.29 is 4.79 Å². The van der Waals surface area contributed by atoms with Crippen LogP contribution in [0, 0.1) is 0 Å². The number of H-pyrrole nitrogens is 1. The first kappa shape index (κ1) is 10.1. The summed E-state index contributed by atoms with van der Waals surface area (Å²) in [4.78, 5) is 25.2. The van der Waals surface area contributed by atoms with E-state index < -0.39 is 0 Å². The molecule has 1 aromatic rings. The average molecular weight is 321 g/mol. The fraction of sp³-hybridized carbons (Fsp3) is 0.333. The van der Waals surface area contributed by atoms with E-state index in [9.17, 15) is 9.59 Å². The Morgan fingerprint density at radius 2 is 1.93 bits per heavy atom. The normalized spacial score (nSPS) is 26.0. The molecule has 2 rings (SSSR count). The minimum absolute atomic E-state index is 0.0478. The summed E-state index contributed by atoms with van der Waals surface area (Å²) in [6.07, 6.45) is 0.706. The lowest BCUT2D eigenvalue weighted by molar-refractivity contribution is 0.0976. The maximum absolute atomic E-state index is 11.7. The van der Waals surface area contributed by atoms with Crippen molar-refractivity contribution in [3.63, 3.8) is 0 Å². The Balaban J connectivity index is 2.62. The van der Waals surface area contributed by atoms with Crippen molar-refractivity contribution in [3.05, 3.63) is 33.7 Å². The second-order valence-corrected chi connectivity index (χ2v) is 5.40. The molecule has 0 bridgehead atoms. The van der Waals surface area contributed by atoms with Crippen molar-refractivity contribution >= 4 is 37.6 Å². The van der Waals surface area contributed by atoms with E-state index >= 15 is 0 Å². The summed E-state index contributed by atoms with van der Waals surface area (Å²) in [5.41, 5.74) is 1.05. The molecule has 1 heterocycles. The van der Waals surface area contributed by atoms with Gasteiger partial charge in [-0.1, -0.05) is 37.9 Å². The van der Waals surface area contributed by atoms with Crippen molar-refractivity contribution in [2.75, 3.05) is 0 Å². The molecule has 0 fully saturated rings. The Hall–Kier alpha value is -0.420. The number of nitrogens with one attached hydrogen (secondary N) is 1. The Bertz CT molecular complexity index is 441. The summed E-state index contributed by atoms with van der Waals surface area (Å²) in [6.45, 7) is 0. The smallest absolute Gasteiger partial charge is 0.248 e. The fourth-order valence-electron chi connectivity index (χ4n) is 1.52. The van der Waals surface area contributed by atoms with Crippen LogP contribution in [-0.2, 0) is 0 Å². The van der Waals surface area contributed by atoms with Crippen LogP contribution in [0.3, 0.4) is 0 Å². The molecule has 1 aromatic heterocycles. The van der Waals surface area contributed by atoms with E-state index in [-0.39, 0.29) is 21.0 Å². The van der Waals surface area contributed by atoms with Crippen LogP contribution in [0.4, 0.5) is 0 Å². The lowest BCUT2D eigenvalue weighted by Gasteiger charge is -2.22. The molecule has 2 unspecified atom stereocenters. The fourth-order valence-corrected chi connectivity index (χ4v) is 3.38. The number of Topliss-reactive ketones (excluding diaryl/α,β-unsaturated/α-hetero) is 1. The summed E-state index contributed by atoms with van der Waals surface area (Å²) >= 11 is 6.76. The van der Waals surface area contributed by atoms with Gasteiger partial charge in [0.25, 0.3) is 0 Å². The van der Waals surface area contributed by atoms with E-state index in [4.69, 9.17) is 0 Å². The number of hydrogen-bond donors (Lipinski definition) is 1. The van der Waals surface area contributed by atoms with Crippen LogP contribution in [0.2, 0.25) is 0 Å². The van der Waals surface area contributed by atoms with Crippen molar-refractivity contribution in [1.82, 2.24) is 4.98 Å². The summed E-state index contributed by atoms with van der Waals surface area (Å²) in [7, 11) is 0. The second-order valence-electron chi connectivity index (χ2n) is 3.19. The van der Waals surface area contributed by atoms with Gasteiger partial charge in [-0.2, -0.15) is 0 Å². The topological polar surface area (TPSA) is 49.9 Å². The van der Waals surface area contributed by atoms with Gasteiger partial charge in [0.1, 0.15) is 0 Å². The van der Waals surface area contributed by atoms with Crippen LogP contribution in [0.5, 0.6) is 0 Å². The molecular formula is C9H7Br2NO2. The Labute approximate surface area is 97.2 Å². The Morgan fingerprint density at radius 1 is 1.21 bits per heavy atom. The van der Waals surface area contributed by atoms with E-state index in [2.05, 4.69) is 36.8 Å². The lowest BCUT2D eigenvalue weighted by Crippen LogP contribution is -2.27. The number of halogens is 2. The van der Waals surface area contributed by atoms with E-state index in [1.54, 1.807) is 6.07 Å². The molecule has 74 valence electrons. The van der Waals surface area contributed by atoms with Crippen molar-refractivity contribution in [2.45, 2.75) is 16.1 Å². The van der Waals surface area contributed by atoms with Gasteiger partial charge in [-0.3, -0.25) is 9.59 Å². The highest BCUT2D eigenvalue weighted by atomic mass is 79.9. The molecule has 2 atom stereocenters. The molecule has 0 radical (unpaired) electrons. The third-order valence-corrected chi connectivity index (χ3v) is 3.89. The highest BCUT2D eigenvalue weighted by Crippen LogP contribution is 2.37. The molecule has 1 aliphatic rings. The Morgan fingerprint density at radius 3 is 2.64 bits per heavy atom. The third-order valence-electron chi connectivity index (χ3n) is 2.23. The zero-order valence-electron chi connectivity index (χ0n) is 7.09. The molecule has 0 saturated carbocycles. The van der Waals surface area contributed by atoms with Gasteiger partial charge in [0.15, 0.2) is 5.78 Å². The molecule has 0 aliphatic heterocycles. The molecule has 3 nitrogen and oxygen atoms in total. The van der Waals surface area contributed by atoms with Crippen LogP contribution >= 0.6 is 31.9 Å². The van der Waals surface area contributed by atoms with Gasteiger partial charge < -0.3 is 4.98 Å². The number of aromatic nitrogens is 1. The van der Waals surface area contributed by atoms with Gasteiger partial charge in [-0.15, -0.1) is 0 Å². The monoisotopic (exact) mass is 319 g/mol. The molecule has 1 N–H and O–H groups in total. The van der Waals surface area contributed by atoms with Gasteiger partial charge >= 0.3 is 0 Å². The number of pyridine rings is 1. The van der Waals surface area contributed by atoms with Gasteiger partial charge in [0, 0.05) is 10.9 Å². The van der Waals surface area contributed by atoms with E-state index in [0.717, 1.165) is 5.56 Å². The quantitative estimate of drug-likeness (QED) is 0.745. The molecule has 0 amide bonds. The number of rotatable bonds is 0. The van der Waals surface area contributed by atoms with Crippen LogP contribution in [-0.4, -0.2) is 15.6 Å². The van der Waals surface area contributed by atoms with Crippen LogP contribution in [0.1, 0.15) is 27.3 Å². The highest BCUT2D eigenvalue weighted by Gasteiger charge is 2.31. The number of alkyl halides is 2. The number of carbonyl (C=O) groups is 1. The predicted octanol–water partition coefficient (Wildman–Crippen LogP) is 2.16. The minimum atomic E-state index is -0.238. The number of aromatic amines is 1. The van der Waals surface area contributed by atoms with Gasteiger partial charge in [-0.05, 0) is 12.0 Å². The zero-order valence-corrected chi connectivity index (χ0v) is 10.3. The van der Waals surface area contributed by atoms with Crippen LogP contribution in [0.15, 0.2) is 16.9 Å². The zero-order chi connectivity index (χ0) is 10.3. The Kier molecular flexibility index (Phi) is 2.62. The average Bonchev–Trinajstić information content (AvgIpc) is 2.14. The van der Waals surface area contributed by atoms with E-state index in [1.165, 1.54) is 6.07 Å². The maximum atomic E-state index is 11.7. The first-order chi connectivity index (χ1) is 6.59. The second kappa shape index (κ2) is 3.62. The van der Waals surface area contributed by atoms with Gasteiger partial charge in [0.2, 0.25) is 5.56 Å². The molecule has 0 saturated heterocycles. The van der Waals surface area contributed by atoms with Crippen molar-refractivity contribution in [1.29, 1.82) is 0 Å². The summed E-state index contributed by atoms with van der Waals surface area (Å²) < 4.78 is 0. The van der Waals surface area contributed by atoms with Crippen molar-refractivity contribution in [3.8, 4) is 0 Å². The van der Waals surface area contributed by atoms with E-state index in [1.807, 2.05) is 0 Å². The van der Waals surface area contributed by atoms with E-state index in [0.29, 0.717) is 12.1 Å². The number of ketones is 1. The number of carbonyl (C=O) groups excluding carboxylic acids is 1. The largest absolute Gasteiger partial charge is 0.319 e. The standard InChI is InChI=1S/C9H7Br2NO2/c10-5-3-6(11)9(14)8-4(5)1-2-7(13)12-8/h1-2,5-6H,3H2,(H,12,13). The number of fused-ring (bicyclic) bond motifs is 1. The summed E-state index contributed by atoms with van der Waals surface area (Å²) in [5, 5.41) is 0. The summed E-state index contributed by atoms with van der Waals surface area (Å²) in [6, 6.07) is 3.14. The molecule has 0 spiro atoms. The van der Waals surface area contributed by atoms with Gasteiger partial charge in [-0.25, -0.2) is 0 Å². The third kappa shape index (κ3) is 1.59. The minimum Gasteiger partial charge on any atom is -0.319 e. The molecule has 14 heavy (non-hydrogen) atoms. The number of hydrogen-bond acceptors (Lipinski definition) is 2. The molecule has 0 aromatic carbocycles. The summed E-state index contributed by atoms with van der Waals surface area (Å²) in [5.74, 6) is -0.0478. The molecule has 5 heteroatoms. The highest BCUT2D eigenvalue weighted by molar-refractivity contribution is 9.10. The first-order valence-corrected chi connectivity index (χ1v) is 5.98. The maximum Gasteiger partial charge on any atom is 0.248 e. The molecule has 1 aliphatic carbocycles. The first-order valence-electron chi connectivity index (χ1n) is 4.15. The molecular weight excluding hydrogens is 314 g/mol. The predicted molar refractivity (Wildman–Crippen MR) is 60.4 cm³/mol. The van der Waals surface area contributed by atoms with Gasteiger partial charge in [0.05, 0.1) is 10.5 Å². The SMILES string of the molecule is O=C1c2[nH]c(=O)ccc2C(Br)CC1Br.